The average Bonchev–Trinajstić information content (AvgIpc) is 2.61. The molecule has 1 fully saturated rings. The van der Waals surface area contributed by atoms with Gasteiger partial charge >= 0.3 is 5.97 Å². The van der Waals surface area contributed by atoms with E-state index in [4.69, 9.17) is 9.47 Å². The van der Waals surface area contributed by atoms with Crippen molar-refractivity contribution in [3.63, 3.8) is 0 Å². The molecule has 5 heteroatoms. The van der Waals surface area contributed by atoms with Gasteiger partial charge in [0.05, 0.1) is 6.61 Å². The van der Waals surface area contributed by atoms with Crippen molar-refractivity contribution in [3.05, 3.63) is 28.0 Å². The van der Waals surface area contributed by atoms with Crippen LogP contribution in [0.1, 0.15) is 12.0 Å². The molecule has 0 bridgehead atoms. The standard InChI is InChI=1S/C11H10BrFO3/c1-6-4-10(8(13)5-7(6)12)16-9-2-3-15-11(9)14/h4-5,9H,2-3H2,1H3/t9-/m0/s1. The number of hydrogen-bond acceptors (Lipinski definition) is 3. The fraction of sp³-hybridized carbons (Fsp3) is 0.364. The maximum atomic E-state index is 13.5. The zero-order valence-corrected chi connectivity index (χ0v) is 10.2. The van der Waals surface area contributed by atoms with E-state index in [1.807, 2.05) is 6.92 Å². The Morgan fingerprint density at radius 3 is 2.94 bits per heavy atom. The number of halogens is 2. The third kappa shape index (κ3) is 2.19. The number of benzene rings is 1. The van der Waals surface area contributed by atoms with E-state index in [0.717, 1.165) is 5.56 Å². The van der Waals surface area contributed by atoms with Gasteiger partial charge in [0, 0.05) is 10.9 Å². The van der Waals surface area contributed by atoms with Crippen molar-refractivity contribution in [1.82, 2.24) is 0 Å². The molecule has 1 aromatic rings. The first-order valence-corrected chi connectivity index (χ1v) is 5.66. The lowest BCUT2D eigenvalue weighted by Crippen LogP contribution is -2.22. The van der Waals surface area contributed by atoms with Gasteiger partial charge in [0.15, 0.2) is 17.7 Å². The van der Waals surface area contributed by atoms with E-state index in [2.05, 4.69) is 15.9 Å². The molecule has 0 unspecified atom stereocenters. The zero-order chi connectivity index (χ0) is 11.7. The van der Waals surface area contributed by atoms with E-state index in [1.54, 1.807) is 6.07 Å². The normalized spacial score (nSPS) is 19.7. The Labute approximate surface area is 101 Å². The summed E-state index contributed by atoms with van der Waals surface area (Å²) in [5, 5.41) is 0. The first kappa shape index (κ1) is 11.4. The van der Waals surface area contributed by atoms with Crippen molar-refractivity contribution in [2.45, 2.75) is 19.4 Å². The van der Waals surface area contributed by atoms with Gasteiger partial charge in [0.1, 0.15) is 0 Å². The fourth-order valence-electron chi connectivity index (χ4n) is 1.46. The highest BCUT2D eigenvalue weighted by atomic mass is 79.9. The predicted octanol–water partition coefficient (Wildman–Crippen LogP) is 2.59. The molecule has 16 heavy (non-hydrogen) atoms. The molecule has 0 aromatic heterocycles. The number of hydrogen-bond donors (Lipinski definition) is 0. The number of carbonyl (C=O) groups excluding carboxylic acids is 1. The van der Waals surface area contributed by atoms with Crippen LogP contribution < -0.4 is 4.74 Å². The van der Waals surface area contributed by atoms with E-state index in [1.165, 1.54) is 6.07 Å². The van der Waals surface area contributed by atoms with Crippen molar-refractivity contribution in [2.75, 3.05) is 6.61 Å². The van der Waals surface area contributed by atoms with Gasteiger partial charge in [0.25, 0.3) is 0 Å². The smallest absolute Gasteiger partial charge is 0.347 e. The van der Waals surface area contributed by atoms with E-state index in [-0.39, 0.29) is 5.75 Å². The lowest BCUT2D eigenvalue weighted by atomic mass is 10.2. The Hall–Kier alpha value is -1.10. The highest BCUT2D eigenvalue weighted by Gasteiger charge is 2.29. The maximum Gasteiger partial charge on any atom is 0.347 e. The SMILES string of the molecule is Cc1cc(O[C@H]2CCOC2=O)c(F)cc1Br. The third-order valence-corrected chi connectivity index (χ3v) is 3.22. The van der Waals surface area contributed by atoms with Crippen molar-refractivity contribution in [2.24, 2.45) is 0 Å². The molecule has 0 aliphatic carbocycles. The molecule has 1 aliphatic rings. The van der Waals surface area contributed by atoms with Gasteiger partial charge in [-0.15, -0.1) is 0 Å². The second-order valence-corrected chi connectivity index (χ2v) is 4.45. The molecule has 1 aromatic carbocycles. The van der Waals surface area contributed by atoms with Crippen LogP contribution in [-0.4, -0.2) is 18.7 Å². The van der Waals surface area contributed by atoms with Gasteiger partial charge in [-0.3, -0.25) is 0 Å². The summed E-state index contributed by atoms with van der Waals surface area (Å²) < 4.78 is 24.2. The van der Waals surface area contributed by atoms with Crippen LogP contribution in [0.2, 0.25) is 0 Å². The van der Waals surface area contributed by atoms with Crippen LogP contribution in [0.4, 0.5) is 4.39 Å². The molecule has 1 atom stereocenters. The number of carbonyl (C=O) groups is 1. The fourth-order valence-corrected chi connectivity index (χ4v) is 1.77. The highest BCUT2D eigenvalue weighted by Crippen LogP contribution is 2.27. The lowest BCUT2D eigenvalue weighted by Gasteiger charge is -2.12. The van der Waals surface area contributed by atoms with E-state index in [9.17, 15) is 9.18 Å². The highest BCUT2D eigenvalue weighted by molar-refractivity contribution is 9.10. The molecule has 0 spiro atoms. The Balaban J connectivity index is 2.21. The van der Waals surface area contributed by atoms with Crippen LogP contribution in [0.15, 0.2) is 16.6 Å². The third-order valence-electron chi connectivity index (χ3n) is 2.37. The largest absolute Gasteiger partial charge is 0.476 e. The van der Waals surface area contributed by atoms with Crippen molar-refractivity contribution >= 4 is 21.9 Å². The summed E-state index contributed by atoms with van der Waals surface area (Å²) >= 11 is 3.22. The van der Waals surface area contributed by atoms with Crippen LogP contribution in [0.25, 0.3) is 0 Å². The number of ether oxygens (including phenoxy) is 2. The van der Waals surface area contributed by atoms with Crippen LogP contribution in [0.3, 0.4) is 0 Å². The second-order valence-electron chi connectivity index (χ2n) is 3.59. The van der Waals surface area contributed by atoms with Gasteiger partial charge in [-0.25, -0.2) is 9.18 Å². The Morgan fingerprint density at radius 2 is 2.31 bits per heavy atom. The molecule has 86 valence electrons. The van der Waals surface area contributed by atoms with E-state index in [0.29, 0.717) is 17.5 Å². The number of esters is 1. The quantitative estimate of drug-likeness (QED) is 0.785. The molecule has 1 heterocycles. The van der Waals surface area contributed by atoms with Crippen LogP contribution in [-0.2, 0) is 9.53 Å². The molecule has 1 saturated heterocycles. The van der Waals surface area contributed by atoms with Gasteiger partial charge < -0.3 is 9.47 Å². The van der Waals surface area contributed by atoms with E-state index < -0.39 is 17.9 Å². The summed E-state index contributed by atoms with van der Waals surface area (Å²) in [5.41, 5.74) is 0.850. The Bertz CT molecular complexity index is 433. The molecule has 1 aliphatic heterocycles. The molecule has 3 nitrogen and oxygen atoms in total. The van der Waals surface area contributed by atoms with Gasteiger partial charge in [-0.1, -0.05) is 15.9 Å². The zero-order valence-electron chi connectivity index (χ0n) is 8.63. The van der Waals surface area contributed by atoms with Gasteiger partial charge in [-0.05, 0) is 24.6 Å². The van der Waals surface area contributed by atoms with Crippen LogP contribution in [0.5, 0.6) is 5.75 Å². The minimum absolute atomic E-state index is 0.0875. The summed E-state index contributed by atoms with van der Waals surface area (Å²) in [4.78, 5) is 11.2. The predicted molar refractivity (Wildman–Crippen MR) is 58.8 cm³/mol. The van der Waals surface area contributed by atoms with E-state index >= 15 is 0 Å². The number of rotatable bonds is 2. The first-order chi connectivity index (χ1) is 7.58. The minimum Gasteiger partial charge on any atom is -0.476 e. The first-order valence-electron chi connectivity index (χ1n) is 4.87. The topological polar surface area (TPSA) is 35.5 Å². The molecular weight excluding hydrogens is 279 g/mol. The van der Waals surface area contributed by atoms with Crippen molar-refractivity contribution in [3.8, 4) is 5.75 Å². The molecular formula is C11H10BrFO3. The lowest BCUT2D eigenvalue weighted by molar-refractivity contribution is -0.143. The molecule has 0 radical (unpaired) electrons. The Kier molecular flexibility index (Phi) is 3.14. The van der Waals surface area contributed by atoms with Crippen molar-refractivity contribution < 1.29 is 18.7 Å². The summed E-state index contributed by atoms with van der Waals surface area (Å²) in [6, 6.07) is 2.88. The molecule has 0 amide bonds. The summed E-state index contributed by atoms with van der Waals surface area (Å²) in [7, 11) is 0. The summed E-state index contributed by atoms with van der Waals surface area (Å²) in [6.07, 6.45) is -0.219. The number of cyclic esters (lactones) is 1. The minimum atomic E-state index is -0.685. The maximum absolute atomic E-state index is 13.5. The molecule has 2 rings (SSSR count). The average molecular weight is 289 g/mol. The monoisotopic (exact) mass is 288 g/mol. The summed E-state index contributed by atoms with van der Waals surface area (Å²) in [5.74, 6) is -0.832. The Morgan fingerprint density at radius 1 is 1.56 bits per heavy atom. The van der Waals surface area contributed by atoms with Gasteiger partial charge in [0.2, 0.25) is 0 Å². The molecule has 0 N–H and O–H groups in total. The van der Waals surface area contributed by atoms with Crippen LogP contribution >= 0.6 is 15.9 Å². The molecule has 0 saturated carbocycles. The van der Waals surface area contributed by atoms with Crippen molar-refractivity contribution in [1.29, 1.82) is 0 Å². The number of aryl methyl sites for hydroxylation is 1. The summed E-state index contributed by atoms with van der Waals surface area (Å²) in [6.45, 7) is 2.16. The van der Waals surface area contributed by atoms with Gasteiger partial charge in [-0.2, -0.15) is 0 Å². The van der Waals surface area contributed by atoms with Crippen LogP contribution in [0, 0.1) is 12.7 Å². The second kappa shape index (κ2) is 4.41.